The Morgan fingerprint density at radius 2 is 1.58 bits per heavy atom. The highest BCUT2D eigenvalue weighted by Gasteiger charge is 2.40. The molecule has 8 rings (SSSR count). The van der Waals surface area contributed by atoms with Crippen LogP contribution in [-0.4, -0.2) is 36.6 Å². The van der Waals surface area contributed by atoms with Gasteiger partial charge in [0, 0.05) is 41.8 Å². The third-order valence-corrected chi connectivity index (χ3v) is 11.1. The van der Waals surface area contributed by atoms with Gasteiger partial charge in [-0.15, -0.1) is 0 Å². The monoisotopic (exact) mass is 641 g/mol. The molecule has 0 bridgehead atoms. The largest absolute Gasteiger partial charge is 0.493 e. The number of hydrogen-bond acceptors (Lipinski definition) is 5. The fourth-order valence-electron chi connectivity index (χ4n) is 8.57. The molecule has 3 aliphatic rings. The van der Waals surface area contributed by atoms with E-state index in [0.29, 0.717) is 37.1 Å². The number of piperidine rings is 1. The second-order valence-electron chi connectivity index (χ2n) is 13.9. The standard InChI is InChI=1S/C42H47N3O3/c1-3-30-25-45-19-17-31-22-41(48-27-29-12-8-5-9-13-29)40(46-2)24-35(31)39(45)21-32(30)20-38-42-34(16-18-43-38)36-23-33(14-15-37(36)44-42)47-26-28-10-6-4-7-11-28/h4-15,22-24,30,32,38-39,43-44H,3,16-21,25-27H2,1-2H3/t30-,32-,38-,39-/m0/s1. The number of nitrogens with zero attached hydrogens (tertiary/aromatic N) is 1. The van der Waals surface area contributed by atoms with Crippen molar-refractivity contribution in [3.63, 3.8) is 0 Å². The van der Waals surface area contributed by atoms with Gasteiger partial charge in [-0.25, -0.2) is 0 Å². The summed E-state index contributed by atoms with van der Waals surface area (Å²) in [4.78, 5) is 6.59. The van der Waals surface area contributed by atoms with Crippen molar-refractivity contribution in [1.29, 1.82) is 0 Å². The van der Waals surface area contributed by atoms with Crippen molar-refractivity contribution >= 4 is 10.9 Å². The Morgan fingerprint density at radius 1 is 0.812 bits per heavy atom. The van der Waals surface area contributed by atoms with Crippen LogP contribution >= 0.6 is 0 Å². The zero-order valence-electron chi connectivity index (χ0n) is 28.2. The van der Waals surface area contributed by atoms with Crippen LogP contribution in [0.1, 0.15) is 71.8 Å². The molecule has 248 valence electrons. The van der Waals surface area contributed by atoms with E-state index in [0.717, 1.165) is 61.7 Å². The lowest BCUT2D eigenvalue weighted by Gasteiger charge is -2.48. The van der Waals surface area contributed by atoms with Gasteiger partial charge in [0.15, 0.2) is 11.5 Å². The second kappa shape index (κ2) is 13.7. The zero-order chi connectivity index (χ0) is 32.5. The lowest BCUT2D eigenvalue weighted by atomic mass is 9.73. The van der Waals surface area contributed by atoms with Gasteiger partial charge >= 0.3 is 0 Å². The highest BCUT2D eigenvalue weighted by Crippen LogP contribution is 2.48. The van der Waals surface area contributed by atoms with Crippen molar-refractivity contribution in [2.24, 2.45) is 11.8 Å². The molecule has 1 aromatic heterocycles. The van der Waals surface area contributed by atoms with Crippen molar-refractivity contribution in [1.82, 2.24) is 15.2 Å². The minimum Gasteiger partial charge on any atom is -0.493 e. The molecule has 6 nitrogen and oxygen atoms in total. The normalized spacial score (nSPS) is 22.0. The van der Waals surface area contributed by atoms with Crippen LogP contribution in [0.2, 0.25) is 0 Å². The molecule has 4 atom stereocenters. The summed E-state index contributed by atoms with van der Waals surface area (Å²) in [6, 6.07) is 32.6. The van der Waals surface area contributed by atoms with Gasteiger partial charge in [0.05, 0.1) is 7.11 Å². The molecule has 48 heavy (non-hydrogen) atoms. The number of methoxy groups -OCH3 is 1. The third kappa shape index (κ3) is 6.20. The zero-order valence-corrected chi connectivity index (χ0v) is 28.2. The summed E-state index contributed by atoms with van der Waals surface area (Å²) in [5.41, 5.74) is 9.23. The Hall–Kier alpha value is -4.26. The molecule has 5 aromatic rings. The summed E-state index contributed by atoms with van der Waals surface area (Å²) in [5, 5.41) is 5.23. The van der Waals surface area contributed by atoms with Crippen LogP contribution in [0.15, 0.2) is 91.0 Å². The van der Waals surface area contributed by atoms with Crippen LogP contribution in [-0.2, 0) is 26.1 Å². The van der Waals surface area contributed by atoms with E-state index < -0.39 is 0 Å². The van der Waals surface area contributed by atoms with Crippen molar-refractivity contribution in [3.8, 4) is 17.2 Å². The molecule has 0 saturated carbocycles. The summed E-state index contributed by atoms with van der Waals surface area (Å²) in [6.07, 6.45) is 5.62. The molecular formula is C42H47N3O3. The summed E-state index contributed by atoms with van der Waals surface area (Å²) < 4.78 is 18.5. The highest BCUT2D eigenvalue weighted by molar-refractivity contribution is 5.86. The Balaban J connectivity index is 1.01. The van der Waals surface area contributed by atoms with Gasteiger partial charge < -0.3 is 24.5 Å². The molecule has 0 unspecified atom stereocenters. The van der Waals surface area contributed by atoms with Crippen LogP contribution in [0.3, 0.4) is 0 Å². The van der Waals surface area contributed by atoms with E-state index in [2.05, 4.69) is 101 Å². The quantitative estimate of drug-likeness (QED) is 0.160. The maximum absolute atomic E-state index is 6.31. The van der Waals surface area contributed by atoms with Crippen LogP contribution in [0.4, 0.5) is 0 Å². The predicted molar refractivity (Wildman–Crippen MR) is 192 cm³/mol. The number of nitrogens with one attached hydrogen (secondary N) is 2. The lowest BCUT2D eigenvalue weighted by Crippen LogP contribution is -2.46. The molecule has 0 amide bonds. The summed E-state index contributed by atoms with van der Waals surface area (Å²) >= 11 is 0. The molecule has 2 N–H and O–H groups in total. The van der Waals surface area contributed by atoms with Gasteiger partial charge in [-0.3, -0.25) is 4.90 Å². The van der Waals surface area contributed by atoms with Gasteiger partial charge in [-0.1, -0.05) is 74.0 Å². The Labute approximate surface area is 284 Å². The first-order valence-electron chi connectivity index (χ1n) is 17.8. The minimum absolute atomic E-state index is 0.326. The summed E-state index contributed by atoms with van der Waals surface area (Å²) in [7, 11) is 1.76. The number of benzene rings is 4. The molecular weight excluding hydrogens is 594 g/mol. The van der Waals surface area contributed by atoms with E-state index in [1.165, 1.54) is 51.7 Å². The first-order valence-corrected chi connectivity index (χ1v) is 17.8. The van der Waals surface area contributed by atoms with E-state index in [4.69, 9.17) is 14.2 Å². The third-order valence-electron chi connectivity index (χ3n) is 11.1. The first-order chi connectivity index (χ1) is 23.7. The SMILES string of the molecule is CC[C@H]1CN2CCc3cc(OCc4ccccc4)c(OC)cc3[C@@H]2C[C@@H]1C[C@@H]1NCCc2c1[nH]c1ccc(OCc3ccccc3)cc21. The molecule has 0 spiro atoms. The van der Waals surface area contributed by atoms with Crippen molar-refractivity contribution in [2.45, 2.75) is 64.3 Å². The summed E-state index contributed by atoms with van der Waals surface area (Å²) in [5.74, 6) is 3.93. The van der Waals surface area contributed by atoms with Gasteiger partial charge in [0.1, 0.15) is 19.0 Å². The number of hydrogen-bond donors (Lipinski definition) is 2. The highest BCUT2D eigenvalue weighted by atomic mass is 16.5. The predicted octanol–water partition coefficient (Wildman–Crippen LogP) is 8.56. The molecule has 1 saturated heterocycles. The average molecular weight is 642 g/mol. The van der Waals surface area contributed by atoms with Crippen LogP contribution in [0.5, 0.6) is 17.2 Å². The van der Waals surface area contributed by atoms with E-state index in [-0.39, 0.29) is 0 Å². The Bertz CT molecular complexity index is 1850. The number of H-pyrrole nitrogens is 1. The molecule has 0 radical (unpaired) electrons. The smallest absolute Gasteiger partial charge is 0.161 e. The molecule has 1 fully saturated rings. The number of aromatic nitrogens is 1. The molecule has 4 aromatic carbocycles. The van der Waals surface area contributed by atoms with Crippen LogP contribution < -0.4 is 19.5 Å². The number of ether oxygens (including phenoxy) is 3. The van der Waals surface area contributed by atoms with Crippen LogP contribution in [0, 0.1) is 11.8 Å². The molecule has 3 aliphatic heterocycles. The van der Waals surface area contributed by atoms with Gasteiger partial charge in [-0.05, 0) is 102 Å². The molecule has 4 heterocycles. The lowest BCUT2D eigenvalue weighted by molar-refractivity contribution is 0.0433. The second-order valence-corrected chi connectivity index (χ2v) is 13.9. The Kier molecular flexibility index (Phi) is 8.85. The maximum Gasteiger partial charge on any atom is 0.161 e. The van der Waals surface area contributed by atoms with Gasteiger partial charge in [-0.2, -0.15) is 0 Å². The first kappa shape index (κ1) is 31.0. The topological polar surface area (TPSA) is 58.8 Å². The number of aromatic amines is 1. The average Bonchev–Trinajstić information content (AvgIpc) is 3.52. The van der Waals surface area contributed by atoms with Crippen molar-refractivity contribution in [2.75, 3.05) is 26.7 Å². The van der Waals surface area contributed by atoms with Gasteiger partial charge in [0.25, 0.3) is 0 Å². The van der Waals surface area contributed by atoms with Crippen molar-refractivity contribution < 1.29 is 14.2 Å². The molecule has 0 aliphatic carbocycles. The Morgan fingerprint density at radius 3 is 2.33 bits per heavy atom. The number of fused-ring (bicyclic) bond motifs is 6. The number of rotatable bonds is 10. The van der Waals surface area contributed by atoms with E-state index in [9.17, 15) is 0 Å². The van der Waals surface area contributed by atoms with E-state index in [1.54, 1.807) is 7.11 Å². The minimum atomic E-state index is 0.326. The van der Waals surface area contributed by atoms with E-state index in [1.807, 2.05) is 12.1 Å². The van der Waals surface area contributed by atoms with Gasteiger partial charge in [0.2, 0.25) is 0 Å². The fraction of sp³-hybridized carbons (Fsp3) is 0.381. The van der Waals surface area contributed by atoms with E-state index >= 15 is 0 Å². The maximum atomic E-state index is 6.31. The fourth-order valence-corrected chi connectivity index (χ4v) is 8.57. The van der Waals surface area contributed by atoms with Crippen LogP contribution in [0.25, 0.3) is 10.9 Å². The van der Waals surface area contributed by atoms with Crippen molar-refractivity contribution in [3.05, 3.63) is 125 Å². The molecule has 6 heteroatoms. The summed E-state index contributed by atoms with van der Waals surface area (Å²) in [6.45, 7) is 6.78.